The molecular formula is C16H23ClO3. The van der Waals surface area contributed by atoms with Crippen molar-refractivity contribution in [2.75, 3.05) is 19.8 Å². The summed E-state index contributed by atoms with van der Waals surface area (Å²) < 4.78 is 17.7. The van der Waals surface area contributed by atoms with Gasteiger partial charge in [0.15, 0.2) is 5.79 Å². The minimum absolute atomic E-state index is 0.610. The molecule has 1 aliphatic rings. The molecule has 0 saturated carbocycles. The summed E-state index contributed by atoms with van der Waals surface area (Å²) in [6.45, 7) is 8.09. The Hall–Kier alpha value is -0.770. The maximum Gasteiger partial charge on any atom is 0.198 e. The summed E-state index contributed by atoms with van der Waals surface area (Å²) in [5, 5.41) is 0.721. The molecule has 1 aromatic rings. The predicted octanol–water partition coefficient (Wildman–Crippen LogP) is 4.44. The standard InChI is InChI=1S/C16H23ClO3/c1-4-6-16(19-8-9-20-16)13-11-14(17)12(3)10-15(13)18-7-5-2/h10-11H,4-9H2,1-3H3. The van der Waals surface area contributed by atoms with Gasteiger partial charge in [-0.3, -0.25) is 0 Å². The molecule has 0 unspecified atom stereocenters. The maximum absolute atomic E-state index is 6.29. The fraction of sp³-hybridized carbons (Fsp3) is 0.625. The fourth-order valence-corrected chi connectivity index (χ4v) is 2.67. The Kier molecular flexibility index (Phi) is 5.30. The van der Waals surface area contributed by atoms with Gasteiger partial charge in [-0.25, -0.2) is 0 Å². The van der Waals surface area contributed by atoms with E-state index in [1.54, 1.807) is 0 Å². The summed E-state index contributed by atoms with van der Waals surface area (Å²) in [5.41, 5.74) is 1.92. The molecule has 1 aliphatic heterocycles. The van der Waals surface area contributed by atoms with Crippen LogP contribution in [0.1, 0.15) is 44.2 Å². The zero-order chi connectivity index (χ0) is 14.6. The molecule has 2 rings (SSSR count). The van der Waals surface area contributed by atoms with Crippen LogP contribution in [0.3, 0.4) is 0 Å². The van der Waals surface area contributed by atoms with E-state index in [0.29, 0.717) is 19.8 Å². The molecule has 0 amide bonds. The number of hydrogen-bond donors (Lipinski definition) is 0. The molecular weight excluding hydrogens is 276 g/mol. The highest BCUT2D eigenvalue weighted by Gasteiger charge is 2.40. The highest BCUT2D eigenvalue weighted by Crippen LogP contribution is 2.42. The molecule has 112 valence electrons. The molecule has 1 fully saturated rings. The third-order valence-electron chi connectivity index (χ3n) is 3.47. The third kappa shape index (κ3) is 3.11. The summed E-state index contributed by atoms with van der Waals surface area (Å²) in [7, 11) is 0. The van der Waals surface area contributed by atoms with Crippen LogP contribution in [0.4, 0.5) is 0 Å². The van der Waals surface area contributed by atoms with Gasteiger partial charge >= 0.3 is 0 Å². The van der Waals surface area contributed by atoms with Crippen molar-refractivity contribution in [3.05, 3.63) is 28.3 Å². The van der Waals surface area contributed by atoms with Gasteiger partial charge in [-0.2, -0.15) is 0 Å². The molecule has 20 heavy (non-hydrogen) atoms. The Balaban J connectivity index is 2.43. The molecule has 1 aromatic carbocycles. The Bertz CT molecular complexity index is 453. The summed E-state index contributed by atoms with van der Waals surface area (Å²) in [4.78, 5) is 0. The van der Waals surface area contributed by atoms with E-state index in [0.717, 1.165) is 41.2 Å². The van der Waals surface area contributed by atoms with Crippen LogP contribution in [0.15, 0.2) is 12.1 Å². The summed E-state index contributed by atoms with van der Waals surface area (Å²) in [6, 6.07) is 3.92. The summed E-state index contributed by atoms with van der Waals surface area (Å²) in [6.07, 6.45) is 2.73. The lowest BCUT2D eigenvalue weighted by Gasteiger charge is -2.29. The van der Waals surface area contributed by atoms with Crippen molar-refractivity contribution >= 4 is 11.6 Å². The first-order chi connectivity index (χ1) is 9.63. The molecule has 1 saturated heterocycles. The lowest BCUT2D eigenvalue weighted by molar-refractivity contribution is -0.172. The van der Waals surface area contributed by atoms with Crippen LogP contribution in [0.25, 0.3) is 0 Å². The van der Waals surface area contributed by atoms with Crippen LogP contribution in [0.5, 0.6) is 5.75 Å². The van der Waals surface area contributed by atoms with Gasteiger partial charge in [0.25, 0.3) is 0 Å². The van der Waals surface area contributed by atoms with Gasteiger partial charge in [0.1, 0.15) is 5.75 Å². The first-order valence-electron chi connectivity index (χ1n) is 7.34. The van der Waals surface area contributed by atoms with Gasteiger partial charge in [0.05, 0.1) is 25.4 Å². The molecule has 1 heterocycles. The molecule has 0 radical (unpaired) electrons. The third-order valence-corrected chi connectivity index (χ3v) is 3.87. The van der Waals surface area contributed by atoms with Crippen molar-refractivity contribution < 1.29 is 14.2 Å². The minimum Gasteiger partial charge on any atom is -0.493 e. The first-order valence-corrected chi connectivity index (χ1v) is 7.72. The molecule has 0 atom stereocenters. The smallest absolute Gasteiger partial charge is 0.198 e. The molecule has 0 spiro atoms. The van der Waals surface area contributed by atoms with E-state index in [1.807, 2.05) is 19.1 Å². The van der Waals surface area contributed by atoms with E-state index in [1.165, 1.54) is 0 Å². The number of aryl methyl sites for hydroxylation is 1. The Morgan fingerprint density at radius 3 is 2.50 bits per heavy atom. The predicted molar refractivity (Wildman–Crippen MR) is 80.5 cm³/mol. The van der Waals surface area contributed by atoms with Gasteiger partial charge in [0, 0.05) is 11.4 Å². The van der Waals surface area contributed by atoms with Gasteiger partial charge in [0.2, 0.25) is 0 Å². The van der Waals surface area contributed by atoms with E-state index in [2.05, 4.69) is 13.8 Å². The highest BCUT2D eigenvalue weighted by molar-refractivity contribution is 6.31. The van der Waals surface area contributed by atoms with Crippen molar-refractivity contribution in [1.29, 1.82) is 0 Å². The fourth-order valence-electron chi connectivity index (χ4n) is 2.50. The zero-order valence-electron chi connectivity index (χ0n) is 12.5. The van der Waals surface area contributed by atoms with Crippen molar-refractivity contribution in [3.8, 4) is 5.75 Å². The molecule has 0 aromatic heterocycles. The van der Waals surface area contributed by atoms with Crippen LogP contribution in [-0.2, 0) is 15.3 Å². The number of ether oxygens (including phenoxy) is 3. The average molecular weight is 299 g/mol. The van der Waals surface area contributed by atoms with Gasteiger partial charge in [-0.1, -0.05) is 31.9 Å². The van der Waals surface area contributed by atoms with Crippen LogP contribution in [0, 0.1) is 6.92 Å². The van der Waals surface area contributed by atoms with E-state index in [4.69, 9.17) is 25.8 Å². The van der Waals surface area contributed by atoms with E-state index in [-0.39, 0.29) is 0 Å². The Morgan fingerprint density at radius 2 is 1.90 bits per heavy atom. The Labute approximate surface area is 126 Å². The van der Waals surface area contributed by atoms with Crippen LogP contribution in [-0.4, -0.2) is 19.8 Å². The second-order valence-corrected chi connectivity index (χ2v) is 5.55. The van der Waals surface area contributed by atoms with Crippen molar-refractivity contribution in [2.24, 2.45) is 0 Å². The lowest BCUT2D eigenvalue weighted by Crippen LogP contribution is -2.28. The summed E-state index contributed by atoms with van der Waals surface area (Å²) >= 11 is 6.29. The largest absolute Gasteiger partial charge is 0.493 e. The number of benzene rings is 1. The number of rotatable bonds is 6. The average Bonchev–Trinajstić information content (AvgIpc) is 2.89. The molecule has 0 N–H and O–H groups in total. The topological polar surface area (TPSA) is 27.7 Å². The molecule has 0 bridgehead atoms. The van der Waals surface area contributed by atoms with E-state index in [9.17, 15) is 0 Å². The monoisotopic (exact) mass is 298 g/mol. The van der Waals surface area contributed by atoms with Crippen LogP contribution >= 0.6 is 11.6 Å². The second-order valence-electron chi connectivity index (χ2n) is 5.15. The highest BCUT2D eigenvalue weighted by atomic mass is 35.5. The van der Waals surface area contributed by atoms with E-state index >= 15 is 0 Å². The summed E-state index contributed by atoms with van der Waals surface area (Å²) in [5.74, 6) is 0.124. The van der Waals surface area contributed by atoms with Crippen molar-refractivity contribution in [2.45, 2.75) is 45.8 Å². The SMILES string of the molecule is CCCOc1cc(C)c(Cl)cc1C1(CCC)OCCO1. The quantitative estimate of drug-likeness (QED) is 0.777. The first kappa shape index (κ1) is 15.6. The van der Waals surface area contributed by atoms with Crippen LogP contribution in [0.2, 0.25) is 5.02 Å². The minimum atomic E-state index is -0.699. The molecule has 3 nitrogen and oxygen atoms in total. The van der Waals surface area contributed by atoms with Crippen molar-refractivity contribution in [3.63, 3.8) is 0 Å². The molecule has 0 aliphatic carbocycles. The van der Waals surface area contributed by atoms with Gasteiger partial charge in [-0.15, -0.1) is 0 Å². The van der Waals surface area contributed by atoms with Gasteiger partial charge in [-0.05, 0) is 31.0 Å². The zero-order valence-corrected chi connectivity index (χ0v) is 13.3. The maximum atomic E-state index is 6.29. The number of halogens is 1. The molecule has 4 heteroatoms. The second kappa shape index (κ2) is 6.79. The van der Waals surface area contributed by atoms with E-state index < -0.39 is 5.79 Å². The number of hydrogen-bond acceptors (Lipinski definition) is 3. The van der Waals surface area contributed by atoms with Gasteiger partial charge < -0.3 is 14.2 Å². The van der Waals surface area contributed by atoms with Crippen LogP contribution < -0.4 is 4.74 Å². The Morgan fingerprint density at radius 1 is 1.20 bits per heavy atom. The lowest BCUT2D eigenvalue weighted by atomic mass is 9.98. The normalized spacial score (nSPS) is 17.4. The van der Waals surface area contributed by atoms with Crippen molar-refractivity contribution in [1.82, 2.24) is 0 Å².